The Morgan fingerprint density at radius 1 is 0.972 bits per heavy atom. The molecule has 1 saturated heterocycles. The van der Waals surface area contributed by atoms with Crippen LogP contribution in [-0.2, 0) is 6.54 Å². The Balaban J connectivity index is 0.902. The Morgan fingerprint density at radius 2 is 1.67 bits per heavy atom. The third kappa shape index (κ3) is 5.05. The molecule has 1 atom stereocenters. The van der Waals surface area contributed by atoms with Gasteiger partial charge in [-0.1, -0.05) is 19.3 Å². The minimum absolute atomic E-state index is 0.0592. The molecule has 36 heavy (non-hydrogen) atoms. The Bertz CT molecular complexity index is 908. The fraction of sp³-hybridized carbons (Fsp3) is 0.767. The molecule has 3 N–H and O–H groups in total. The van der Waals surface area contributed by atoms with Crippen molar-refractivity contribution in [3.8, 4) is 0 Å². The first-order valence-electron chi connectivity index (χ1n) is 14.9. The number of nitrogens with zero attached hydrogens (tertiary/aromatic N) is 1. The van der Waals surface area contributed by atoms with E-state index in [1.807, 2.05) is 4.90 Å². The summed E-state index contributed by atoms with van der Waals surface area (Å²) in [5.74, 6) is 2.86. The van der Waals surface area contributed by atoms with Gasteiger partial charge in [-0.15, -0.1) is 0 Å². The average Bonchev–Trinajstić information content (AvgIpc) is 3.20. The number of nitrogens with one attached hydrogen (secondary N) is 3. The third-order valence-corrected chi connectivity index (χ3v) is 9.99. The first kappa shape index (κ1) is 24.7. The van der Waals surface area contributed by atoms with Crippen molar-refractivity contribution >= 4 is 11.6 Å². The molecule has 2 aliphatic heterocycles. The normalized spacial score (nSPS) is 32.8. The standard InChI is InChI=1S/C30H45FN4O/c31-27-9-8-25-26(20-35(29(25)36)24-7-6-10-32-19-24)28(27)33-11-4-2-1-3-5-12-34-30-16-21-13-22(17-30)15-23(14-21)18-30/h8-9,21-24,32-34H,1-7,10-20H2. The maximum Gasteiger partial charge on any atom is 0.254 e. The van der Waals surface area contributed by atoms with Crippen molar-refractivity contribution in [2.45, 2.75) is 102 Å². The fourth-order valence-electron chi connectivity index (χ4n) is 8.64. The number of hydrogen-bond acceptors (Lipinski definition) is 4. The molecule has 4 bridgehead atoms. The number of rotatable bonds is 11. The summed E-state index contributed by atoms with van der Waals surface area (Å²) in [4.78, 5) is 14.9. The van der Waals surface area contributed by atoms with Gasteiger partial charge in [-0.25, -0.2) is 4.39 Å². The van der Waals surface area contributed by atoms with Gasteiger partial charge < -0.3 is 20.9 Å². The molecule has 1 aromatic carbocycles. The van der Waals surface area contributed by atoms with Crippen LogP contribution in [0.4, 0.5) is 10.1 Å². The summed E-state index contributed by atoms with van der Waals surface area (Å²) in [5, 5.41) is 10.8. The Labute approximate surface area is 216 Å². The second-order valence-corrected chi connectivity index (χ2v) is 12.7. The number of amides is 1. The van der Waals surface area contributed by atoms with Gasteiger partial charge in [-0.3, -0.25) is 4.79 Å². The lowest BCUT2D eigenvalue weighted by Gasteiger charge is -2.57. The smallest absolute Gasteiger partial charge is 0.254 e. The maximum absolute atomic E-state index is 14.7. The summed E-state index contributed by atoms with van der Waals surface area (Å²) in [7, 11) is 0. The van der Waals surface area contributed by atoms with Gasteiger partial charge in [0, 0.05) is 42.3 Å². The first-order chi connectivity index (χ1) is 17.6. The van der Waals surface area contributed by atoms with Crippen molar-refractivity contribution in [2.24, 2.45) is 17.8 Å². The molecule has 1 aromatic rings. The van der Waals surface area contributed by atoms with Crippen LogP contribution in [0.5, 0.6) is 0 Å². The van der Waals surface area contributed by atoms with Gasteiger partial charge >= 0.3 is 0 Å². The van der Waals surface area contributed by atoms with E-state index in [2.05, 4.69) is 16.0 Å². The highest BCUT2D eigenvalue weighted by molar-refractivity contribution is 6.00. The molecular formula is C30H45FN4O. The summed E-state index contributed by atoms with van der Waals surface area (Å²) in [6.45, 7) is 4.32. The van der Waals surface area contributed by atoms with Crippen molar-refractivity contribution in [3.05, 3.63) is 29.1 Å². The van der Waals surface area contributed by atoms with Gasteiger partial charge in [0.05, 0.1) is 5.69 Å². The molecule has 5 nitrogen and oxygen atoms in total. The maximum atomic E-state index is 14.7. The van der Waals surface area contributed by atoms with Gasteiger partial charge in [-0.2, -0.15) is 0 Å². The summed E-state index contributed by atoms with van der Waals surface area (Å²) in [6.07, 6.45) is 16.9. The minimum atomic E-state index is -0.235. The predicted molar refractivity (Wildman–Crippen MR) is 143 cm³/mol. The van der Waals surface area contributed by atoms with Crippen molar-refractivity contribution < 1.29 is 9.18 Å². The van der Waals surface area contributed by atoms with Crippen LogP contribution in [0.3, 0.4) is 0 Å². The largest absolute Gasteiger partial charge is 0.382 e. The number of benzene rings is 1. The number of hydrogen-bond donors (Lipinski definition) is 3. The van der Waals surface area contributed by atoms with E-state index in [1.165, 1.54) is 76.8 Å². The van der Waals surface area contributed by atoms with E-state index >= 15 is 0 Å². The Kier molecular flexibility index (Phi) is 7.27. The molecule has 4 aliphatic carbocycles. The van der Waals surface area contributed by atoms with E-state index in [-0.39, 0.29) is 17.8 Å². The molecule has 198 valence electrons. The Morgan fingerprint density at radius 3 is 2.36 bits per heavy atom. The molecule has 0 aromatic heterocycles. The van der Waals surface area contributed by atoms with Gasteiger partial charge in [-0.05, 0) is 107 Å². The molecule has 7 rings (SSSR count). The minimum Gasteiger partial charge on any atom is -0.382 e. The molecule has 0 radical (unpaired) electrons. The van der Waals surface area contributed by atoms with Crippen LogP contribution in [0.1, 0.15) is 99.4 Å². The van der Waals surface area contributed by atoms with Gasteiger partial charge in [0.15, 0.2) is 0 Å². The zero-order valence-corrected chi connectivity index (χ0v) is 21.9. The van der Waals surface area contributed by atoms with E-state index in [9.17, 15) is 9.18 Å². The molecule has 5 fully saturated rings. The SMILES string of the molecule is O=C1c2ccc(F)c(NCCCCCCCNC34CC5CC(CC(C5)C3)C4)c2CN1C1CCCNC1. The highest BCUT2D eigenvalue weighted by atomic mass is 19.1. The third-order valence-electron chi connectivity index (χ3n) is 9.99. The number of fused-ring (bicyclic) bond motifs is 1. The summed E-state index contributed by atoms with van der Waals surface area (Å²) < 4.78 is 14.7. The van der Waals surface area contributed by atoms with Crippen LogP contribution in [-0.4, -0.2) is 48.6 Å². The number of carbonyl (C=O) groups excluding carboxylic acids is 1. The molecule has 0 spiro atoms. The summed E-state index contributed by atoms with van der Waals surface area (Å²) in [5.41, 5.74) is 2.56. The second-order valence-electron chi connectivity index (χ2n) is 12.7. The molecule has 2 heterocycles. The van der Waals surface area contributed by atoms with Crippen molar-refractivity contribution in [1.82, 2.24) is 15.5 Å². The van der Waals surface area contributed by atoms with Gasteiger partial charge in [0.25, 0.3) is 5.91 Å². The van der Waals surface area contributed by atoms with Crippen LogP contribution >= 0.6 is 0 Å². The van der Waals surface area contributed by atoms with Crippen molar-refractivity contribution in [3.63, 3.8) is 0 Å². The van der Waals surface area contributed by atoms with E-state index in [0.717, 1.165) is 62.2 Å². The molecular weight excluding hydrogens is 451 g/mol. The van der Waals surface area contributed by atoms with Crippen LogP contribution < -0.4 is 16.0 Å². The van der Waals surface area contributed by atoms with Crippen LogP contribution in [0, 0.1) is 23.6 Å². The molecule has 1 amide bonds. The van der Waals surface area contributed by atoms with E-state index in [4.69, 9.17) is 0 Å². The van der Waals surface area contributed by atoms with Gasteiger partial charge in [0.1, 0.15) is 5.82 Å². The van der Waals surface area contributed by atoms with Crippen molar-refractivity contribution in [2.75, 3.05) is 31.5 Å². The molecule has 6 heteroatoms. The van der Waals surface area contributed by atoms with Crippen LogP contribution in [0.15, 0.2) is 12.1 Å². The average molecular weight is 497 g/mol. The highest BCUT2D eigenvalue weighted by Gasteiger charge is 2.50. The monoisotopic (exact) mass is 496 g/mol. The number of unbranched alkanes of at least 4 members (excludes halogenated alkanes) is 4. The summed E-state index contributed by atoms with van der Waals surface area (Å²) >= 11 is 0. The first-order valence-corrected chi connectivity index (χ1v) is 14.9. The zero-order valence-electron chi connectivity index (χ0n) is 21.9. The van der Waals surface area contributed by atoms with Crippen LogP contribution in [0.25, 0.3) is 0 Å². The van der Waals surface area contributed by atoms with Crippen molar-refractivity contribution in [1.29, 1.82) is 0 Å². The van der Waals surface area contributed by atoms with Crippen LogP contribution in [0.2, 0.25) is 0 Å². The number of piperidine rings is 1. The fourth-order valence-corrected chi connectivity index (χ4v) is 8.64. The number of anilines is 1. The lowest BCUT2D eigenvalue weighted by Crippen LogP contribution is -2.58. The second kappa shape index (κ2) is 10.6. The predicted octanol–water partition coefficient (Wildman–Crippen LogP) is 5.45. The number of halogens is 1. The number of carbonyl (C=O) groups is 1. The highest BCUT2D eigenvalue weighted by Crippen LogP contribution is 2.55. The van der Waals surface area contributed by atoms with E-state index in [1.54, 1.807) is 6.07 Å². The lowest BCUT2D eigenvalue weighted by molar-refractivity contribution is -0.0196. The topological polar surface area (TPSA) is 56.4 Å². The molecule has 1 unspecified atom stereocenters. The molecule has 4 saturated carbocycles. The quantitative estimate of drug-likeness (QED) is 0.357. The van der Waals surface area contributed by atoms with E-state index in [0.29, 0.717) is 23.3 Å². The van der Waals surface area contributed by atoms with Gasteiger partial charge in [0.2, 0.25) is 0 Å². The lowest BCUT2D eigenvalue weighted by atomic mass is 9.53. The Hall–Kier alpha value is -1.66. The molecule has 6 aliphatic rings. The van der Waals surface area contributed by atoms with E-state index < -0.39 is 0 Å². The zero-order chi connectivity index (χ0) is 24.5. The summed E-state index contributed by atoms with van der Waals surface area (Å²) in [6, 6.07) is 3.34.